The van der Waals surface area contributed by atoms with Gasteiger partial charge in [0.1, 0.15) is 11.6 Å². The average molecular weight is 439 g/mol. The topological polar surface area (TPSA) is 75.7 Å². The van der Waals surface area contributed by atoms with E-state index in [0.717, 1.165) is 55.2 Å². The highest BCUT2D eigenvalue weighted by Gasteiger charge is 2.18. The third-order valence-electron chi connectivity index (χ3n) is 6.03. The number of benzene rings is 1. The van der Waals surface area contributed by atoms with E-state index in [2.05, 4.69) is 27.4 Å². The highest BCUT2D eigenvalue weighted by molar-refractivity contribution is 5.73. The van der Waals surface area contributed by atoms with Crippen LogP contribution in [0.2, 0.25) is 0 Å². The minimum absolute atomic E-state index is 0.199. The molecule has 7 nitrogen and oxygen atoms in total. The van der Waals surface area contributed by atoms with Gasteiger partial charge in [0.2, 0.25) is 0 Å². The summed E-state index contributed by atoms with van der Waals surface area (Å²) in [7, 11) is 0. The number of nitrogens with zero attached hydrogens (tertiary/aromatic N) is 2. The van der Waals surface area contributed by atoms with Gasteiger partial charge in [-0.05, 0) is 61.9 Å². The van der Waals surface area contributed by atoms with Crippen molar-refractivity contribution in [3.63, 3.8) is 0 Å². The van der Waals surface area contributed by atoms with E-state index >= 15 is 0 Å². The van der Waals surface area contributed by atoms with Crippen molar-refractivity contribution in [3.05, 3.63) is 53.7 Å². The van der Waals surface area contributed by atoms with Crippen LogP contribution < -0.4 is 20.3 Å². The fourth-order valence-electron chi connectivity index (χ4n) is 4.27. The number of anilines is 1. The maximum atomic E-state index is 12.2. The number of pyridine rings is 1. The summed E-state index contributed by atoms with van der Waals surface area (Å²) in [4.78, 5) is 19.0. The molecule has 1 atom stereocenters. The van der Waals surface area contributed by atoms with Gasteiger partial charge in [-0.15, -0.1) is 0 Å². The molecule has 4 rings (SSSR count). The van der Waals surface area contributed by atoms with Crippen LogP contribution in [-0.2, 0) is 17.8 Å². The number of morpholine rings is 1. The summed E-state index contributed by atoms with van der Waals surface area (Å²) in [5, 5.41) is 5.82. The number of amides is 2. The Morgan fingerprint density at radius 2 is 1.94 bits per heavy atom. The van der Waals surface area contributed by atoms with Gasteiger partial charge >= 0.3 is 6.03 Å². The molecule has 0 bridgehead atoms. The lowest BCUT2D eigenvalue weighted by Crippen LogP contribution is -2.41. The molecule has 1 aromatic carbocycles. The number of urea groups is 1. The Morgan fingerprint density at radius 3 is 2.69 bits per heavy atom. The number of nitrogens with one attached hydrogen (secondary N) is 2. The van der Waals surface area contributed by atoms with Crippen LogP contribution in [0.25, 0.3) is 0 Å². The van der Waals surface area contributed by atoms with Crippen molar-refractivity contribution in [2.45, 2.75) is 64.3 Å². The second-order valence-corrected chi connectivity index (χ2v) is 8.71. The zero-order valence-electron chi connectivity index (χ0n) is 18.9. The fraction of sp³-hybridized carbons (Fsp3) is 0.520. The van der Waals surface area contributed by atoms with Gasteiger partial charge in [0.15, 0.2) is 0 Å². The van der Waals surface area contributed by atoms with E-state index in [1.165, 1.54) is 19.3 Å². The number of aromatic nitrogens is 1. The molecule has 2 heterocycles. The van der Waals surface area contributed by atoms with E-state index in [0.29, 0.717) is 19.2 Å². The van der Waals surface area contributed by atoms with Crippen LogP contribution in [0.1, 0.15) is 50.2 Å². The molecular weight excluding hydrogens is 404 g/mol. The number of ether oxygens (including phenoxy) is 2. The second-order valence-electron chi connectivity index (χ2n) is 8.71. The highest BCUT2D eigenvalue weighted by Crippen LogP contribution is 2.24. The lowest BCUT2D eigenvalue weighted by atomic mass is 9.98. The molecule has 2 N–H and O–H groups in total. The van der Waals surface area contributed by atoms with Crippen molar-refractivity contribution >= 4 is 11.8 Å². The van der Waals surface area contributed by atoms with Gasteiger partial charge in [-0.2, -0.15) is 0 Å². The predicted molar refractivity (Wildman–Crippen MR) is 125 cm³/mol. The summed E-state index contributed by atoms with van der Waals surface area (Å²) >= 11 is 0. The van der Waals surface area contributed by atoms with Crippen LogP contribution in [0.15, 0.2) is 42.6 Å². The van der Waals surface area contributed by atoms with Crippen LogP contribution in [0.5, 0.6) is 5.75 Å². The van der Waals surface area contributed by atoms with Gasteiger partial charge in [-0.1, -0.05) is 24.6 Å². The third-order valence-corrected chi connectivity index (χ3v) is 6.03. The van der Waals surface area contributed by atoms with Gasteiger partial charge in [-0.3, -0.25) is 0 Å². The van der Waals surface area contributed by atoms with E-state index < -0.39 is 0 Å². The zero-order chi connectivity index (χ0) is 22.2. The highest BCUT2D eigenvalue weighted by atomic mass is 16.5. The third kappa shape index (κ3) is 6.60. The number of hydrogen-bond acceptors (Lipinski definition) is 5. The molecule has 1 aromatic heterocycles. The standard InChI is InChI=1S/C25H34N4O3/c1-19-18-29(12-13-31-19)24-11-10-21(16-26-24)17-28-25(30)27-15-20-6-5-9-23(14-20)32-22-7-3-2-4-8-22/h5-6,9-11,14,16,19,22H,2-4,7-8,12-13,15,17-18H2,1H3,(H2,27,28,30). The van der Waals surface area contributed by atoms with Gasteiger partial charge in [-0.25, -0.2) is 9.78 Å². The van der Waals surface area contributed by atoms with Gasteiger partial charge in [0, 0.05) is 32.4 Å². The second kappa shape index (κ2) is 11.2. The van der Waals surface area contributed by atoms with E-state index in [1.807, 2.05) is 42.6 Å². The Bertz CT molecular complexity index is 868. The zero-order valence-corrected chi connectivity index (χ0v) is 18.9. The van der Waals surface area contributed by atoms with Crippen molar-refractivity contribution in [2.24, 2.45) is 0 Å². The normalized spacial score (nSPS) is 19.4. The minimum atomic E-state index is -0.199. The maximum absolute atomic E-state index is 12.2. The van der Waals surface area contributed by atoms with Crippen LogP contribution in [-0.4, -0.2) is 42.9 Å². The molecule has 1 unspecified atom stereocenters. The van der Waals surface area contributed by atoms with E-state index in [4.69, 9.17) is 9.47 Å². The summed E-state index contributed by atoms with van der Waals surface area (Å²) in [5.74, 6) is 1.83. The molecule has 2 aromatic rings. The van der Waals surface area contributed by atoms with Crippen LogP contribution in [0.4, 0.5) is 10.6 Å². The number of rotatable bonds is 7. The van der Waals surface area contributed by atoms with Gasteiger partial charge < -0.3 is 25.0 Å². The molecule has 32 heavy (non-hydrogen) atoms. The SMILES string of the molecule is CC1CN(c2ccc(CNC(=O)NCc3cccc(OC4CCCCC4)c3)cn2)CCO1. The summed E-state index contributed by atoms with van der Waals surface area (Å²) in [5.41, 5.74) is 1.99. The molecule has 1 saturated heterocycles. The molecule has 0 radical (unpaired) electrons. The first-order valence-corrected chi connectivity index (χ1v) is 11.7. The van der Waals surface area contributed by atoms with E-state index in [1.54, 1.807) is 0 Å². The summed E-state index contributed by atoms with van der Waals surface area (Å²) in [6.07, 6.45) is 8.43. The maximum Gasteiger partial charge on any atom is 0.315 e. The van der Waals surface area contributed by atoms with Crippen LogP contribution >= 0.6 is 0 Å². The Morgan fingerprint density at radius 1 is 1.12 bits per heavy atom. The largest absolute Gasteiger partial charge is 0.490 e. The van der Waals surface area contributed by atoms with Crippen molar-refractivity contribution in [2.75, 3.05) is 24.6 Å². The average Bonchev–Trinajstić information content (AvgIpc) is 2.83. The first-order valence-electron chi connectivity index (χ1n) is 11.7. The minimum Gasteiger partial charge on any atom is -0.490 e. The van der Waals surface area contributed by atoms with E-state index in [9.17, 15) is 4.79 Å². The molecule has 1 aliphatic carbocycles. The monoisotopic (exact) mass is 438 g/mol. The summed E-state index contributed by atoms with van der Waals surface area (Å²) < 4.78 is 11.7. The molecule has 7 heteroatoms. The number of carbonyl (C=O) groups excluding carboxylic acids is 1. The first kappa shape index (κ1) is 22.4. The summed E-state index contributed by atoms with van der Waals surface area (Å²) in [6.45, 7) is 5.39. The summed E-state index contributed by atoms with van der Waals surface area (Å²) in [6, 6.07) is 11.8. The lowest BCUT2D eigenvalue weighted by Gasteiger charge is -2.32. The Balaban J connectivity index is 1.20. The van der Waals surface area contributed by atoms with Crippen molar-refractivity contribution in [1.29, 1.82) is 0 Å². The fourth-order valence-corrected chi connectivity index (χ4v) is 4.27. The predicted octanol–water partition coefficient (Wildman–Crippen LogP) is 4.02. The Labute approximate surface area is 190 Å². The van der Waals surface area contributed by atoms with Gasteiger partial charge in [0.05, 0.1) is 18.8 Å². The quantitative estimate of drug-likeness (QED) is 0.683. The molecule has 1 saturated carbocycles. The smallest absolute Gasteiger partial charge is 0.315 e. The van der Waals surface area contributed by atoms with Crippen molar-refractivity contribution in [3.8, 4) is 5.75 Å². The van der Waals surface area contributed by atoms with Crippen LogP contribution in [0, 0.1) is 0 Å². The Kier molecular flexibility index (Phi) is 7.82. The number of carbonyl (C=O) groups is 1. The van der Waals surface area contributed by atoms with Crippen molar-refractivity contribution < 1.29 is 14.3 Å². The molecule has 2 aliphatic rings. The first-order chi connectivity index (χ1) is 15.7. The Hall–Kier alpha value is -2.80. The van der Waals surface area contributed by atoms with Crippen LogP contribution in [0.3, 0.4) is 0 Å². The molecule has 172 valence electrons. The number of hydrogen-bond donors (Lipinski definition) is 2. The molecular formula is C25H34N4O3. The lowest BCUT2D eigenvalue weighted by molar-refractivity contribution is 0.0529. The molecule has 0 spiro atoms. The van der Waals surface area contributed by atoms with Gasteiger partial charge in [0.25, 0.3) is 0 Å². The van der Waals surface area contributed by atoms with E-state index in [-0.39, 0.29) is 12.1 Å². The molecule has 1 aliphatic heterocycles. The molecule has 2 fully saturated rings. The van der Waals surface area contributed by atoms with Crippen molar-refractivity contribution in [1.82, 2.24) is 15.6 Å². The molecule has 2 amide bonds.